The van der Waals surface area contributed by atoms with Gasteiger partial charge in [0.1, 0.15) is 0 Å². The van der Waals surface area contributed by atoms with Crippen LogP contribution in [-0.4, -0.2) is 28.9 Å². The zero-order valence-electron chi connectivity index (χ0n) is 13.0. The summed E-state index contributed by atoms with van der Waals surface area (Å²) in [6.07, 6.45) is 5.71. The molecule has 22 heavy (non-hydrogen) atoms. The number of amides is 1. The van der Waals surface area contributed by atoms with Gasteiger partial charge < -0.3 is 9.88 Å². The number of aromatic nitrogens is 1. The van der Waals surface area contributed by atoms with Crippen molar-refractivity contribution in [2.75, 3.05) is 13.1 Å². The van der Waals surface area contributed by atoms with Crippen LogP contribution in [-0.2, 0) is 0 Å². The minimum Gasteiger partial charge on any atom is -0.339 e. The van der Waals surface area contributed by atoms with Gasteiger partial charge in [-0.15, -0.1) is 0 Å². The summed E-state index contributed by atoms with van der Waals surface area (Å²) < 4.78 is 0. The van der Waals surface area contributed by atoms with Crippen LogP contribution >= 0.6 is 0 Å². The molecule has 1 aromatic carbocycles. The van der Waals surface area contributed by atoms with E-state index in [-0.39, 0.29) is 11.5 Å². The van der Waals surface area contributed by atoms with E-state index in [1.165, 1.54) is 25.3 Å². The molecule has 3 rings (SSSR count). The normalized spacial score (nSPS) is 16.3. The Morgan fingerprint density at radius 2 is 1.73 bits per heavy atom. The minimum absolute atomic E-state index is 0.0106. The predicted octanol–water partition coefficient (Wildman–Crippen LogP) is 3.24. The molecule has 0 atom stereocenters. The SMILES string of the molecule is Cc1ccc2[nH]c(=O)cc(C(=O)N3CCCCCCC3)c2c1. The quantitative estimate of drug-likeness (QED) is 0.878. The van der Waals surface area contributed by atoms with Crippen molar-refractivity contribution >= 4 is 16.8 Å². The molecular weight excluding hydrogens is 276 g/mol. The molecule has 0 aliphatic carbocycles. The Labute approximate surface area is 130 Å². The van der Waals surface area contributed by atoms with E-state index in [1.807, 2.05) is 30.0 Å². The number of aromatic amines is 1. The largest absolute Gasteiger partial charge is 0.339 e. The Balaban J connectivity index is 2.02. The highest BCUT2D eigenvalue weighted by atomic mass is 16.2. The van der Waals surface area contributed by atoms with E-state index in [0.29, 0.717) is 5.56 Å². The summed E-state index contributed by atoms with van der Waals surface area (Å²) in [5, 5.41) is 0.839. The van der Waals surface area contributed by atoms with Crippen molar-refractivity contribution in [2.45, 2.75) is 39.0 Å². The second-order valence-electron chi connectivity index (χ2n) is 6.16. The summed E-state index contributed by atoms with van der Waals surface area (Å²) >= 11 is 0. The van der Waals surface area contributed by atoms with Crippen LogP contribution < -0.4 is 5.56 Å². The average Bonchev–Trinajstić information content (AvgIpc) is 2.46. The van der Waals surface area contributed by atoms with Gasteiger partial charge in [0.2, 0.25) is 5.56 Å². The number of hydrogen-bond donors (Lipinski definition) is 1. The van der Waals surface area contributed by atoms with Gasteiger partial charge >= 0.3 is 0 Å². The van der Waals surface area contributed by atoms with E-state index < -0.39 is 0 Å². The molecule has 0 radical (unpaired) electrons. The Kier molecular flexibility index (Phi) is 4.27. The minimum atomic E-state index is -0.216. The standard InChI is InChI=1S/C18H22N2O2/c1-13-7-8-16-14(11-13)15(12-17(21)19-16)18(22)20-9-5-3-2-4-6-10-20/h7-8,11-12H,2-6,9-10H2,1H3,(H,19,21). The number of hydrogen-bond acceptors (Lipinski definition) is 2. The smallest absolute Gasteiger partial charge is 0.254 e. The van der Waals surface area contributed by atoms with Crippen molar-refractivity contribution in [3.05, 3.63) is 45.7 Å². The number of likely N-dealkylation sites (tertiary alicyclic amines) is 1. The van der Waals surface area contributed by atoms with Gasteiger partial charge in [-0.3, -0.25) is 9.59 Å². The lowest BCUT2D eigenvalue weighted by molar-refractivity contribution is 0.0744. The second kappa shape index (κ2) is 6.34. The summed E-state index contributed by atoms with van der Waals surface area (Å²) in [5.74, 6) is -0.0106. The van der Waals surface area contributed by atoms with Gasteiger partial charge in [-0.1, -0.05) is 30.9 Å². The van der Waals surface area contributed by atoms with Crippen LogP contribution in [0.3, 0.4) is 0 Å². The van der Waals surface area contributed by atoms with Gasteiger partial charge in [0.15, 0.2) is 0 Å². The molecule has 1 N–H and O–H groups in total. The Hall–Kier alpha value is -2.10. The maximum atomic E-state index is 12.9. The molecule has 1 amide bonds. The number of rotatable bonds is 1. The fourth-order valence-corrected chi connectivity index (χ4v) is 3.17. The number of benzene rings is 1. The van der Waals surface area contributed by atoms with E-state index >= 15 is 0 Å². The molecule has 2 aromatic rings. The molecule has 116 valence electrons. The van der Waals surface area contributed by atoms with Gasteiger partial charge in [0.05, 0.1) is 5.56 Å². The molecule has 0 unspecified atom stereocenters. The number of H-pyrrole nitrogens is 1. The lowest BCUT2D eigenvalue weighted by atomic mass is 10.0. The van der Waals surface area contributed by atoms with Crippen molar-refractivity contribution in [2.24, 2.45) is 0 Å². The number of aryl methyl sites for hydroxylation is 1. The zero-order chi connectivity index (χ0) is 15.5. The van der Waals surface area contributed by atoms with Crippen molar-refractivity contribution in [3.63, 3.8) is 0 Å². The maximum absolute atomic E-state index is 12.9. The average molecular weight is 298 g/mol. The van der Waals surface area contributed by atoms with E-state index in [0.717, 1.165) is 42.4 Å². The third-order valence-electron chi connectivity index (χ3n) is 4.37. The molecule has 1 saturated heterocycles. The predicted molar refractivity (Wildman–Crippen MR) is 88.3 cm³/mol. The number of pyridine rings is 1. The van der Waals surface area contributed by atoms with Crippen LogP contribution in [0.1, 0.15) is 48.0 Å². The van der Waals surface area contributed by atoms with E-state index in [2.05, 4.69) is 4.98 Å². The molecule has 0 spiro atoms. The number of nitrogens with zero attached hydrogens (tertiary/aromatic N) is 1. The third-order valence-corrected chi connectivity index (χ3v) is 4.37. The number of fused-ring (bicyclic) bond motifs is 1. The van der Waals surface area contributed by atoms with E-state index in [9.17, 15) is 9.59 Å². The molecule has 2 heterocycles. The zero-order valence-corrected chi connectivity index (χ0v) is 13.0. The first-order valence-corrected chi connectivity index (χ1v) is 8.08. The summed E-state index contributed by atoms with van der Waals surface area (Å²) in [7, 11) is 0. The van der Waals surface area contributed by atoms with E-state index in [1.54, 1.807) is 0 Å². The van der Waals surface area contributed by atoms with Gasteiger partial charge in [0.25, 0.3) is 5.91 Å². The van der Waals surface area contributed by atoms with Crippen LogP contribution in [0.4, 0.5) is 0 Å². The molecule has 4 nitrogen and oxygen atoms in total. The molecule has 1 aliphatic heterocycles. The second-order valence-corrected chi connectivity index (χ2v) is 6.16. The van der Waals surface area contributed by atoms with Crippen molar-refractivity contribution in [1.82, 2.24) is 9.88 Å². The van der Waals surface area contributed by atoms with Crippen molar-refractivity contribution in [3.8, 4) is 0 Å². The van der Waals surface area contributed by atoms with Gasteiger partial charge in [-0.25, -0.2) is 0 Å². The maximum Gasteiger partial charge on any atom is 0.254 e. The first-order valence-electron chi connectivity index (χ1n) is 8.08. The van der Waals surface area contributed by atoms with Crippen molar-refractivity contribution in [1.29, 1.82) is 0 Å². The van der Waals surface area contributed by atoms with Gasteiger partial charge in [-0.05, 0) is 31.9 Å². The molecule has 1 fully saturated rings. The lowest BCUT2D eigenvalue weighted by Gasteiger charge is -2.25. The Bertz CT molecular complexity index is 740. The van der Waals surface area contributed by atoms with Crippen LogP contribution in [0.15, 0.2) is 29.1 Å². The molecule has 0 saturated carbocycles. The number of carbonyl (C=O) groups excluding carboxylic acids is 1. The molecule has 1 aliphatic rings. The fourth-order valence-electron chi connectivity index (χ4n) is 3.17. The Morgan fingerprint density at radius 3 is 2.45 bits per heavy atom. The lowest BCUT2D eigenvalue weighted by Crippen LogP contribution is -2.34. The van der Waals surface area contributed by atoms with Crippen LogP contribution in [0.5, 0.6) is 0 Å². The summed E-state index contributed by atoms with van der Waals surface area (Å²) in [4.78, 5) is 29.5. The topological polar surface area (TPSA) is 53.2 Å². The summed E-state index contributed by atoms with van der Waals surface area (Å²) in [6, 6.07) is 7.24. The van der Waals surface area contributed by atoms with E-state index in [4.69, 9.17) is 0 Å². The van der Waals surface area contributed by atoms with Crippen LogP contribution in [0, 0.1) is 6.92 Å². The molecular formula is C18H22N2O2. The highest BCUT2D eigenvalue weighted by Gasteiger charge is 2.19. The molecule has 0 bridgehead atoms. The molecule has 4 heteroatoms. The van der Waals surface area contributed by atoms with Crippen molar-refractivity contribution < 1.29 is 4.79 Å². The Morgan fingerprint density at radius 1 is 1.05 bits per heavy atom. The highest BCUT2D eigenvalue weighted by Crippen LogP contribution is 2.20. The number of nitrogens with one attached hydrogen (secondary N) is 1. The number of carbonyl (C=O) groups is 1. The van der Waals surface area contributed by atoms with Crippen LogP contribution in [0.25, 0.3) is 10.9 Å². The van der Waals surface area contributed by atoms with Gasteiger partial charge in [-0.2, -0.15) is 0 Å². The first-order chi connectivity index (χ1) is 10.6. The summed E-state index contributed by atoms with van der Waals surface area (Å²) in [5.41, 5.74) is 2.13. The summed E-state index contributed by atoms with van der Waals surface area (Å²) in [6.45, 7) is 3.58. The monoisotopic (exact) mass is 298 g/mol. The third kappa shape index (κ3) is 3.06. The fraction of sp³-hybridized carbons (Fsp3) is 0.444. The van der Waals surface area contributed by atoms with Gasteiger partial charge in [0, 0.05) is 30.1 Å². The highest BCUT2D eigenvalue weighted by molar-refractivity contribution is 6.06. The first kappa shape index (κ1) is 14.8. The van der Waals surface area contributed by atoms with Crippen LogP contribution in [0.2, 0.25) is 0 Å². The molecule has 1 aromatic heterocycles.